The molecule has 0 aliphatic carbocycles. The lowest BCUT2D eigenvalue weighted by molar-refractivity contribution is 0.00578. The van der Waals surface area contributed by atoms with Gasteiger partial charge in [-0.15, -0.1) is 0 Å². The Hall–Kier alpha value is -3.35. The van der Waals surface area contributed by atoms with E-state index >= 15 is 0 Å². The van der Waals surface area contributed by atoms with Crippen LogP contribution in [0.4, 0.5) is 16.4 Å². The molecule has 1 aromatic carbocycles. The second-order valence-electron chi connectivity index (χ2n) is 16.3. The first-order valence-electron chi connectivity index (χ1n) is 18.0. The van der Waals surface area contributed by atoms with Crippen LogP contribution in [0.2, 0.25) is 5.02 Å². The molecule has 3 aromatic rings. The summed E-state index contributed by atoms with van der Waals surface area (Å²) in [6.45, 7) is 23.0. The zero-order chi connectivity index (χ0) is 36.3. The summed E-state index contributed by atoms with van der Waals surface area (Å²) in [5.74, 6) is 1.24. The Kier molecular flexibility index (Phi) is 9.71. The Balaban J connectivity index is 1.47. The van der Waals surface area contributed by atoms with Crippen LogP contribution >= 0.6 is 11.6 Å². The quantitative estimate of drug-likeness (QED) is 0.283. The van der Waals surface area contributed by atoms with Gasteiger partial charge >= 0.3 is 18.9 Å². The van der Waals surface area contributed by atoms with Gasteiger partial charge in [0.2, 0.25) is 0 Å². The number of aromatic nitrogens is 3. The largest absolute Gasteiger partial charge is 0.494 e. The van der Waals surface area contributed by atoms with Crippen LogP contribution in [-0.4, -0.2) is 88.2 Å². The molecule has 5 heterocycles. The number of amides is 1. The molecule has 3 aliphatic heterocycles. The van der Waals surface area contributed by atoms with Crippen LogP contribution in [0.1, 0.15) is 100.0 Å². The van der Waals surface area contributed by atoms with Gasteiger partial charge in [0.1, 0.15) is 17.2 Å². The third-order valence-corrected chi connectivity index (χ3v) is 10.7. The van der Waals surface area contributed by atoms with Crippen LogP contribution in [0.25, 0.3) is 16.7 Å². The van der Waals surface area contributed by atoms with Crippen molar-refractivity contribution in [1.29, 1.82) is 0 Å². The van der Waals surface area contributed by atoms with Gasteiger partial charge in [-0.3, -0.25) is 0 Å². The van der Waals surface area contributed by atoms with Crippen LogP contribution in [0, 0.1) is 0 Å². The summed E-state index contributed by atoms with van der Waals surface area (Å²) in [6.07, 6.45) is 2.93. The van der Waals surface area contributed by atoms with Crippen molar-refractivity contribution >= 4 is 52.9 Å². The smallest absolute Gasteiger partial charge is 0.444 e. The molecule has 1 unspecified atom stereocenters. The number of fused-ring (bicyclic) bond motifs is 1. The molecular weight excluding hydrogens is 655 g/mol. The van der Waals surface area contributed by atoms with Crippen LogP contribution in [0.15, 0.2) is 29.1 Å². The van der Waals surface area contributed by atoms with Crippen molar-refractivity contribution in [2.75, 3.05) is 42.5 Å². The monoisotopic (exact) mass is 706 g/mol. The minimum Gasteiger partial charge on any atom is -0.444 e. The molecular formula is C37H52BClN6O5. The van der Waals surface area contributed by atoms with Gasteiger partial charge in [-0.25, -0.2) is 19.1 Å². The number of piperazine rings is 1. The first-order chi connectivity index (χ1) is 23.4. The molecule has 0 saturated carbocycles. The van der Waals surface area contributed by atoms with Crippen molar-refractivity contribution in [1.82, 2.24) is 19.4 Å². The Bertz CT molecular complexity index is 1820. The highest BCUT2D eigenvalue weighted by Gasteiger charge is 2.51. The second kappa shape index (κ2) is 13.3. The van der Waals surface area contributed by atoms with Crippen LogP contribution < -0.4 is 21.0 Å². The Labute approximate surface area is 301 Å². The highest BCUT2D eigenvalue weighted by Crippen LogP contribution is 2.38. The Morgan fingerprint density at radius 1 is 0.980 bits per heavy atom. The fraction of sp³-hybridized carbons (Fsp3) is 0.622. The van der Waals surface area contributed by atoms with E-state index in [1.165, 1.54) is 6.42 Å². The zero-order valence-electron chi connectivity index (χ0n) is 31.3. The zero-order valence-corrected chi connectivity index (χ0v) is 32.1. The Morgan fingerprint density at radius 2 is 1.64 bits per heavy atom. The molecule has 0 spiro atoms. The number of carbonyl (C=O) groups excluding carboxylic acids is 1. The number of hydrogen-bond acceptors (Lipinski definition) is 9. The van der Waals surface area contributed by atoms with E-state index in [0.717, 1.165) is 37.0 Å². The van der Waals surface area contributed by atoms with Gasteiger partial charge in [-0.1, -0.05) is 37.6 Å². The van der Waals surface area contributed by atoms with Gasteiger partial charge in [-0.05, 0) is 104 Å². The summed E-state index contributed by atoms with van der Waals surface area (Å²) < 4.78 is 20.1. The number of piperidine rings is 1. The van der Waals surface area contributed by atoms with E-state index in [1.807, 2.05) is 73.6 Å². The van der Waals surface area contributed by atoms with E-state index in [9.17, 15) is 9.59 Å². The molecule has 1 amide bonds. The number of hydrogen-bond donors (Lipinski definition) is 0. The first-order valence-corrected chi connectivity index (χ1v) is 18.4. The maximum absolute atomic E-state index is 14.4. The molecule has 6 rings (SSSR count). The molecule has 0 radical (unpaired) electrons. The minimum absolute atomic E-state index is 0.0591. The van der Waals surface area contributed by atoms with Crippen molar-refractivity contribution in [2.45, 2.75) is 117 Å². The SMILES string of the molecule is CC(C)c1cc(B2OC(C)(C)C(C)(C)O2)ccc1-n1c(=O)nc(N2CCN(C(=O)OC(C)(C)C)CC2C)c2cc(Cl)c(N3CCCCC3)nc21. The minimum atomic E-state index is -0.592. The van der Waals surface area contributed by atoms with Crippen molar-refractivity contribution in [3.05, 3.63) is 45.3 Å². The molecule has 50 heavy (non-hydrogen) atoms. The predicted molar refractivity (Wildman–Crippen MR) is 201 cm³/mol. The second-order valence-corrected chi connectivity index (χ2v) is 16.7. The summed E-state index contributed by atoms with van der Waals surface area (Å²) in [7, 11) is -0.538. The Morgan fingerprint density at radius 3 is 2.24 bits per heavy atom. The summed E-state index contributed by atoms with van der Waals surface area (Å²) >= 11 is 7.03. The van der Waals surface area contributed by atoms with Gasteiger partial charge in [0.05, 0.1) is 27.3 Å². The van der Waals surface area contributed by atoms with Gasteiger partial charge < -0.3 is 28.7 Å². The molecule has 270 valence electrons. The highest BCUT2D eigenvalue weighted by atomic mass is 35.5. The molecule has 3 fully saturated rings. The number of benzene rings is 1. The van der Waals surface area contributed by atoms with E-state index in [2.05, 4.69) is 29.7 Å². The van der Waals surface area contributed by atoms with Crippen LogP contribution in [0.3, 0.4) is 0 Å². The lowest BCUT2D eigenvalue weighted by atomic mass is 9.77. The molecule has 0 N–H and O–H groups in total. The first kappa shape index (κ1) is 36.4. The third-order valence-electron chi connectivity index (χ3n) is 10.4. The number of carbonyl (C=O) groups is 1. The van der Waals surface area contributed by atoms with Crippen molar-refractivity contribution in [2.24, 2.45) is 0 Å². The van der Waals surface area contributed by atoms with Gasteiger partial charge in [-0.2, -0.15) is 4.98 Å². The normalized spacial score (nSPS) is 21.0. The summed E-state index contributed by atoms with van der Waals surface area (Å²) in [5, 5.41) is 1.20. The number of halogens is 1. The fourth-order valence-corrected chi connectivity index (χ4v) is 7.26. The maximum atomic E-state index is 14.4. The van der Waals surface area contributed by atoms with Gasteiger partial charge in [0.15, 0.2) is 5.65 Å². The van der Waals surface area contributed by atoms with Crippen molar-refractivity contribution < 1.29 is 18.8 Å². The van der Waals surface area contributed by atoms with E-state index in [1.54, 1.807) is 9.47 Å². The van der Waals surface area contributed by atoms with Gasteiger partial charge in [0, 0.05) is 38.8 Å². The van der Waals surface area contributed by atoms with Crippen molar-refractivity contribution in [3.8, 4) is 5.69 Å². The molecule has 0 bridgehead atoms. The lowest BCUT2D eigenvalue weighted by Crippen LogP contribution is -2.55. The van der Waals surface area contributed by atoms with E-state index < -0.39 is 29.6 Å². The van der Waals surface area contributed by atoms with Crippen molar-refractivity contribution in [3.63, 3.8) is 0 Å². The number of pyridine rings is 1. The van der Waals surface area contributed by atoms with E-state index in [4.69, 9.17) is 35.6 Å². The maximum Gasteiger partial charge on any atom is 0.494 e. The molecule has 3 saturated heterocycles. The molecule has 13 heteroatoms. The molecule has 3 aliphatic rings. The van der Waals surface area contributed by atoms with Gasteiger partial charge in [0.25, 0.3) is 0 Å². The van der Waals surface area contributed by atoms with E-state index in [-0.39, 0.29) is 18.1 Å². The number of anilines is 2. The number of nitrogens with zero attached hydrogens (tertiary/aromatic N) is 6. The average molecular weight is 707 g/mol. The summed E-state index contributed by atoms with van der Waals surface area (Å²) in [6, 6.07) is 7.76. The molecule has 1 atom stereocenters. The summed E-state index contributed by atoms with van der Waals surface area (Å²) in [4.78, 5) is 43.3. The number of rotatable bonds is 5. The lowest BCUT2D eigenvalue weighted by Gasteiger charge is -2.41. The van der Waals surface area contributed by atoms with Crippen LogP contribution in [0.5, 0.6) is 0 Å². The molecule has 2 aromatic heterocycles. The topological polar surface area (TPSA) is 102 Å². The number of ether oxygens (including phenoxy) is 1. The van der Waals surface area contributed by atoms with Crippen LogP contribution in [-0.2, 0) is 14.0 Å². The molecule has 11 nitrogen and oxygen atoms in total. The summed E-state index contributed by atoms with van der Waals surface area (Å²) in [5.41, 5.74) is 1.05. The van der Waals surface area contributed by atoms with E-state index in [0.29, 0.717) is 53.0 Å². The average Bonchev–Trinajstić information content (AvgIpc) is 3.26. The highest BCUT2D eigenvalue weighted by molar-refractivity contribution is 6.62. The standard InChI is InChI=1S/C37H52BClN6O5/c1-23(2)26-20-25(38-49-36(7,8)37(9,10)50-38)14-15-29(26)45-31-27(21-28(39)32(40-31)42-16-12-11-13-17-42)30(41-33(45)46)44-19-18-43(22-24(44)3)34(47)48-35(4,5)6/h14-15,20-21,23-24H,11-13,16-19,22H2,1-10H3. The third kappa shape index (κ3) is 6.95. The predicted octanol–water partition coefficient (Wildman–Crippen LogP) is 6.29. The fourth-order valence-electron chi connectivity index (χ4n) is 6.99.